The number of aromatic nitrogens is 1. The monoisotopic (exact) mass is 402 g/mol. The van der Waals surface area contributed by atoms with Crippen LogP contribution in [0.15, 0.2) is 36.5 Å². The molecule has 0 atom stereocenters. The first-order valence-corrected chi connectivity index (χ1v) is 10.1. The molecule has 1 aromatic carbocycles. The number of hydrogen-bond acceptors (Lipinski definition) is 6. The number of anilines is 2. The largest absolute Gasteiger partial charge is 0.354 e. The van der Waals surface area contributed by atoms with E-state index in [1.165, 1.54) is 5.56 Å². The van der Waals surface area contributed by atoms with Gasteiger partial charge in [-0.1, -0.05) is 6.07 Å². The van der Waals surface area contributed by atoms with Crippen LogP contribution in [0.2, 0.25) is 0 Å². The molecule has 0 aliphatic carbocycles. The predicted octanol–water partition coefficient (Wildman–Crippen LogP) is 2.64. The lowest BCUT2D eigenvalue weighted by Crippen LogP contribution is -2.50. The molecule has 0 N–H and O–H groups in total. The van der Waals surface area contributed by atoms with Crippen LogP contribution in [0.25, 0.3) is 0 Å². The summed E-state index contributed by atoms with van der Waals surface area (Å²) in [7, 11) is 0. The first kappa shape index (κ1) is 21.3. The molecule has 1 aliphatic heterocycles. The molecule has 3 rings (SSSR count). The molecule has 0 radical (unpaired) electrons. The molecule has 0 unspecified atom stereocenters. The Balaban J connectivity index is 1.63. The van der Waals surface area contributed by atoms with Gasteiger partial charge in [-0.15, -0.1) is 0 Å². The molecule has 2 aromatic rings. The summed E-state index contributed by atoms with van der Waals surface area (Å²) in [6.45, 7) is 7.75. The van der Waals surface area contributed by atoms with Crippen molar-refractivity contribution < 1.29 is 4.79 Å². The van der Waals surface area contributed by atoms with Crippen LogP contribution >= 0.6 is 0 Å². The van der Waals surface area contributed by atoms with Crippen molar-refractivity contribution in [3.05, 3.63) is 53.2 Å². The number of nitriles is 2. The van der Waals surface area contributed by atoms with Crippen molar-refractivity contribution in [3.63, 3.8) is 0 Å². The van der Waals surface area contributed by atoms with Gasteiger partial charge in [-0.3, -0.25) is 9.69 Å². The molecule has 2 heterocycles. The average Bonchev–Trinajstić information content (AvgIpc) is 2.77. The zero-order chi connectivity index (χ0) is 21.5. The molecule has 7 nitrogen and oxygen atoms in total. The third-order valence-electron chi connectivity index (χ3n) is 5.48. The Morgan fingerprint density at radius 3 is 2.53 bits per heavy atom. The van der Waals surface area contributed by atoms with Gasteiger partial charge in [-0.25, -0.2) is 4.98 Å². The van der Waals surface area contributed by atoms with Gasteiger partial charge in [0.15, 0.2) is 0 Å². The molecule has 154 valence electrons. The minimum atomic E-state index is 0.00607. The number of hydrogen-bond donors (Lipinski definition) is 0. The highest BCUT2D eigenvalue weighted by Crippen LogP contribution is 2.20. The summed E-state index contributed by atoms with van der Waals surface area (Å²) in [5.74, 6) is 0.803. The Hall–Kier alpha value is -3.42. The number of piperazine rings is 1. The Bertz CT molecular complexity index is 982. The summed E-state index contributed by atoms with van der Waals surface area (Å²) in [6.07, 6.45) is 1.95. The summed E-state index contributed by atoms with van der Waals surface area (Å²) in [5.41, 5.74) is 3.74. The van der Waals surface area contributed by atoms with E-state index in [1.54, 1.807) is 23.2 Å². The fourth-order valence-corrected chi connectivity index (χ4v) is 3.53. The third-order valence-corrected chi connectivity index (χ3v) is 5.48. The standard InChI is InChI=1S/C23H26N6O/c1-18-4-5-21(14-19(18)2)29(9-3-7-24)23(30)17-27-10-12-28(13-11-27)22-15-20(16-25)6-8-26-22/h4-6,8,14-15H,3,9-13,17H2,1-2H3. The first-order valence-electron chi connectivity index (χ1n) is 10.1. The summed E-state index contributed by atoms with van der Waals surface area (Å²) in [4.78, 5) is 23.4. The van der Waals surface area contributed by atoms with Crippen LogP contribution in [0.5, 0.6) is 0 Å². The fraction of sp³-hybridized carbons (Fsp3) is 0.391. The second-order valence-electron chi connectivity index (χ2n) is 7.50. The number of benzene rings is 1. The van der Waals surface area contributed by atoms with E-state index in [1.807, 2.05) is 32.0 Å². The molecular weight excluding hydrogens is 376 g/mol. The van der Waals surface area contributed by atoms with Crippen LogP contribution in [0.3, 0.4) is 0 Å². The molecule has 1 aromatic heterocycles. The Labute approximate surface area is 177 Å². The summed E-state index contributed by atoms with van der Waals surface area (Å²) in [5, 5.41) is 18.1. The third kappa shape index (κ3) is 5.14. The van der Waals surface area contributed by atoms with Gasteiger partial charge in [0.2, 0.25) is 5.91 Å². The second-order valence-corrected chi connectivity index (χ2v) is 7.50. The van der Waals surface area contributed by atoms with Crippen LogP contribution in [0.4, 0.5) is 11.5 Å². The summed E-state index contributed by atoms with van der Waals surface area (Å²) < 4.78 is 0. The minimum Gasteiger partial charge on any atom is -0.354 e. The lowest BCUT2D eigenvalue weighted by atomic mass is 10.1. The van der Waals surface area contributed by atoms with E-state index in [-0.39, 0.29) is 5.91 Å². The lowest BCUT2D eigenvalue weighted by Gasteiger charge is -2.36. The number of pyridine rings is 1. The lowest BCUT2D eigenvalue weighted by molar-refractivity contribution is -0.119. The van der Waals surface area contributed by atoms with Crippen molar-refractivity contribution in [2.45, 2.75) is 20.3 Å². The second kappa shape index (κ2) is 9.87. The van der Waals surface area contributed by atoms with Crippen LogP contribution in [-0.4, -0.2) is 55.1 Å². The maximum Gasteiger partial charge on any atom is 0.241 e. The summed E-state index contributed by atoms with van der Waals surface area (Å²) in [6, 6.07) is 13.7. The van der Waals surface area contributed by atoms with Gasteiger partial charge in [0, 0.05) is 44.6 Å². The van der Waals surface area contributed by atoms with Crippen LogP contribution in [-0.2, 0) is 4.79 Å². The van der Waals surface area contributed by atoms with Crippen LogP contribution < -0.4 is 9.80 Å². The topological polar surface area (TPSA) is 87.3 Å². The zero-order valence-electron chi connectivity index (χ0n) is 17.5. The fourth-order valence-electron chi connectivity index (χ4n) is 3.53. The van der Waals surface area contributed by atoms with Crippen molar-refractivity contribution in [1.29, 1.82) is 10.5 Å². The molecule has 0 bridgehead atoms. The molecule has 0 saturated carbocycles. The highest BCUT2D eigenvalue weighted by Gasteiger charge is 2.23. The van der Waals surface area contributed by atoms with E-state index in [2.05, 4.69) is 26.9 Å². The first-order chi connectivity index (χ1) is 14.5. The highest BCUT2D eigenvalue weighted by atomic mass is 16.2. The molecular formula is C23H26N6O. The van der Waals surface area contributed by atoms with Crippen molar-refractivity contribution >= 4 is 17.4 Å². The number of carbonyl (C=O) groups is 1. The van der Waals surface area contributed by atoms with Crippen LogP contribution in [0.1, 0.15) is 23.1 Å². The van der Waals surface area contributed by atoms with E-state index in [9.17, 15) is 4.79 Å². The van der Waals surface area contributed by atoms with Gasteiger partial charge >= 0.3 is 0 Å². The van der Waals surface area contributed by atoms with E-state index in [4.69, 9.17) is 10.5 Å². The normalized spacial score (nSPS) is 14.1. The number of carbonyl (C=O) groups excluding carboxylic acids is 1. The minimum absolute atomic E-state index is 0.00607. The average molecular weight is 403 g/mol. The van der Waals surface area contributed by atoms with Gasteiger partial charge in [0.05, 0.1) is 30.7 Å². The van der Waals surface area contributed by atoms with Gasteiger partial charge in [-0.05, 0) is 49.2 Å². The Kier molecular flexibility index (Phi) is 7.00. The smallest absolute Gasteiger partial charge is 0.241 e. The number of aryl methyl sites for hydroxylation is 2. The van der Waals surface area contributed by atoms with Crippen molar-refractivity contribution in [1.82, 2.24) is 9.88 Å². The van der Waals surface area contributed by atoms with E-state index in [0.717, 1.165) is 43.2 Å². The zero-order valence-corrected chi connectivity index (χ0v) is 17.5. The predicted molar refractivity (Wildman–Crippen MR) is 116 cm³/mol. The molecule has 1 aliphatic rings. The van der Waals surface area contributed by atoms with Gasteiger partial charge in [-0.2, -0.15) is 10.5 Å². The molecule has 7 heteroatoms. The molecule has 1 fully saturated rings. The Morgan fingerprint density at radius 2 is 1.87 bits per heavy atom. The van der Waals surface area contributed by atoms with E-state index in [0.29, 0.717) is 25.1 Å². The van der Waals surface area contributed by atoms with Crippen molar-refractivity contribution in [2.75, 3.05) is 49.1 Å². The van der Waals surface area contributed by atoms with Gasteiger partial charge in [0.1, 0.15) is 5.82 Å². The number of rotatable bonds is 6. The van der Waals surface area contributed by atoms with E-state index >= 15 is 0 Å². The SMILES string of the molecule is Cc1ccc(N(CCC#N)C(=O)CN2CCN(c3cc(C#N)ccn3)CC2)cc1C. The molecule has 1 amide bonds. The van der Waals surface area contributed by atoms with Crippen LogP contribution in [0, 0.1) is 36.5 Å². The molecule has 30 heavy (non-hydrogen) atoms. The van der Waals surface area contributed by atoms with Crippen molar-refractivity contribution in [2.24, 2.45) is 0 Å². The van der Waals surface area contributed by atoms with Crippen molar-refractivity contribution in [3.8, 4) is 12.1 Å². The van der Waals surface area contributed by atoms with Gasteiger partial charge in [0.25, 0.3) is 0 Å². The Morgan fingerprint density at radius 1 is 1.10 bits per heavy atom. The number of amides is 1. The maximum absolute atomic E-state index is 13.1. The molecule has 0 spiro atoms. The van der Waals surface area contributed by atoms with E-state index < -0.39 is 0 Å². The molecule has 1 saturated heterocycles. The maximum atomic E-state index is 13.1. The number of nitrogens with zero attached hydrogens (tertiary/aromatic N) is 6. The summed E-state index contributed by atoms with van der Waals surface area (Å²) >= 11 is 0. The highest BCUT2D eigenvalue weighted by molar-refractivity contribution is 5.95. The quantitative estimate of drug-likeness (QED) is 0.738. The van der Waals surface area contributed by atoms with Gasteiger partial charge < -0.3 is 9.80 Å².